The maximum Gasteiger partial charge on any atom is 0.240 e. The fourth-order valence-corrected chi connectivity index (χ4v) is 2.70. The number of amides is 1. The van der Waals surface area contributed by atoms with Gasteiger partial charge < -0.3 is 11.1 Å². The quantitative estimate of drug-likeness (QED) is 0.763. The zero-order chi connectivity index (χ0) is 15.3. The van der Waals surface area contributed by atoms with E-state index in [9.17, 15) is 4.79 Å². The summed E-state index contributed by atoms with van der Waals surface area (Å²) in [6, 6.07) is 10.8. The van der Waals surface area contributed by atoms with Gasteiger partial charge in [-0.3, -0.25) is 9.69 Å². The minimum absolute atomic E-state index is 0.00715. The van der Waals surface area contributed by atoms with Gasteiger partial charge in [-0.05, 0) is 37.9 Å². The van der Waals surface area contributed by atoms with Crippen LogP contribution in [0.25, 0.3) is 0 Å². The molecule has 1 fully saturated rings. The van der Waals surface area contributed by atoms with Crippen molar-refractivity contribution in [1.29, 1.82) is 0 Å². The molecule has 0 radical (unpaired) electrons. The van der Waals surface area contributed by atoms with Crippen LogP contribution in [0.5, 0.6) is 0 Å². The van der Waals surface area contributed by atoms with E-state index in [0.29, 0.717) is 12.6 Å². The summed E-state index contributed by atoms with van der Waals surface area (Å²) in [5, 5.41) is 3.05. The number of carbonyl (C=O) groups is 1. The molecule has 1 aromatic rings. The Morgan fingerprint density at radius 1 is 1.29 bits per heavy atom. The zero-order valence-electron chi connectivity index (χ0n) is 13.1. The van der Waals surface area contributed by atoms with Crippen molar-refractivity contribution in [1.82, 2.24) is 10.2 Å². The Morgan fingerprint density at radius 3 is 2.43 bits per heavy atom. The first-order valence-electron chi connectivity index (χ1n) is 7.94. The summed E-state index contributed by atoms with van der Waals surface area (Å²) in [4.78, 5) is 14.4. The SMILES string of the molecule is CCN(CC)C(CNC(=O)C1(N)CC1)Cc1ccccc1. The highest BCUT2D eigenvalue weighted by Crippen LogP contribution is 2.32. The molecule has 0 heterocycles. The predicted octanol–water partition coefficient (Wildman–Crippen LogP) is 1.55. The third kappa shape index (κ3) is 4.29. The fourth-order valence-electron chi connectivity index (χ4n) is 2.70. The summed E-state index contributed by atoms with van der Waals surface area (Å²) < 4.78 is 0. The molecule has 1 aliphatic carbocycles. The minimum Gasteiger partial charge on any atom is -0.353 e. The largest absolute Gasteiger partial charge is 0.353 e. The number of hydrogen-bond donors (Lipinski definition) is 2. The Hall–Kier alpha value is -1.39. The van der Waals surface area contributed by atoms with Crippen molar-refractivity contribution in [3.05, 3.63) is 35.9 Å². The van der Waals surface area contributed by atoms with E-state index < -0.39 is 5.54 Å². The highest BCUT2D eigenvalue weighted by Gasteiger charge is 2.45. The Kier molecular flexibility index (Phi) is 5.37. The van der Waals surface area contributed by atoms with E-state index in [2.05, 4.69) is 48.3 Å². The van der Waals surface area contributed by atoms with Gasteiger partial charge in [0, 0.05) is 12.6 Å². The number of benzene rings is 1. The van der Waals surface area contributed by atoms with Crippen LogP contribution in [0.15, 0.2) is 30.3 Å². The Bertz CT molecular complexity index is 452. The average Bonchev–Trinajstić information content (AvgIpc) is 3.25. The van der Waals surface area contributed by atoms with Gasteiger partial charge in [-0.1, -0.05) is 44.2 Å². The normalized spacial score (nSPS) is 17.5. The summed E-state index contributed by atoms with van der Waals surface area (Å²) in [6.45, 7) is 6.95. The molecule has 2 rings (SSSR count). The first-order valence-corrected chi connectivity index (χ1v) is 7.94. The molecule has 1 amide bonds. The summed E-state index contributed by atoms with van der Waals surface area (Å²) in [7, 11) is 0. The Balaban J connectivity index is 1.96. The van der Waals surface area contributed by atoms with Gasteiger partial charge in [0.05, 0.1) is 5.54 Å². The van der Waals surface area contributed by atoms with Gasteiger partial charge in [-0.25, -0.2) is 0 Å². The number of nitrogens with one attached hydrogen (secondary N) is 1. The third-order valence-corrected chi connectivity index (χ3v) is 4.38. The van der Waals surface area contributed by atoms with Gasteiger partial charge in [-0.2, -0.15) is 0 Å². The van der Waals surface area contributed by atoms with Gasteiger partial charge in [0.25, 0.3) is 0 Å². The van der Waals surface area contributed by atoms with Crippen LogP contribution in [-0.2, 0) is 11.2 Å². The van der Waals surface area contributed by atoms with Crippen molar-refractivity contribution in [2.75, 3.05) is 19.6 Å². The second kappa shape index (κ2) is 7.05. The number of nitrogens with zero attached hydrogens (tertiary/aromatic N) is 1. The van der Waals surface area contributed by atoms with Gasteiger partial charge in [0.2, 0.25) is 5.91 Å². The number of likely N-dealkylation sites (N-methyl/N-ethyl adjacent to an activating group) is 1. The van der Waals surface area contributed by atoms with Gasteiger partial charge in [0.1, 0.15) is 0 Å². The maximum absolute atomic E-state index is 12.0. The summed E-state index contributed by atoms with van der Waals surface area (Å²) >= 11 is 0. The van der Waals surface area contributed by atoms with Crippen LogP contribution in [0.3, 0.4) is 0 Å². The van der Waals surface area contributed by atoms with Crippen LogP contribution >= 0.6 is 0 Å². The van der Waals surface area contributed by atoms with E-state index in [1.807, 2.05) is 6.07 Å². The molecular formula is C17H27N3O. The lowest BCUT2D eigenvalue weighted by Gasteiger charge is -2.30. The van der Waals surface area contributed by atoms with Crippen LogP contribution in [0, 0.1) is 0 Å². The van der Waals surface area contributed by atoms with Crippen LogP contribution in [0.4, 0.5) is 0 Å². The molecule has 21 heavy (non-hydrogen) atoms. The van der Waals surface area contributed by atoms with Crippen molar-refractivity contribution < 1.29 is 4.79 Å². The number of rotatable bonds is 8. The second-order valence-corrected chi connectivity index (χ2v) is 5.93. The molecule has 1 unspecified atom stereocenters. The van der Waals surface area contributed by atoms with Gasteiger partial charge >= 0.3 is 0 Å². The number of hydrogen-bond acceptors (Lipinski definition) is 3. The molecule has 116 valence electrons. The van der Waals surface area contributed by atoms with Crippen molar-refractivity contribution in [2.45, 2.75) is 44.7 Å². The van der Waals surface area contributed by atoms with Crippen molar-refractivity contribution in [3.8, 4) is 0 Å². The molecule has 1 aromatic carbocycles. The van der Waals surface area contributed by atoms with E-state index in [1.165, 1.54) is 5.56 Å². The minimum atomic E-state index is -0.583. The molecule has 0 saturated heterocycles. The van der Waals surface area contributed by atoms with Gasteiger partial charge in [-0.15, -0.1) is 0 Å². The maximum atomic E-state index is 12.0. The van der Waals surface area contributed by atoms with Crippen molar-refractivity contribution in [3.63, 3.8) is 0 Å². The third-order valence-electron chi connectivity index (χ3n) is 4.38. The predicted molar refractivity (Wildman–Crippen MR) is 86.0 cm³/mol. The van der Waals surface area contributed by atoms with E-state index >= 15 is 0 Å². The molecule has 0 aromatic heterocycles. The first kappa shape index (κ1) is 16.0. The monoisotopic (exact) mass is 289 g/mol. The van der Waals surface area contributed by atoms with Crippen LogP contribution in [0.1, 0.15) is 32.3 Å². The average molecular weight is 289 g/mol. The zero-order valence-corrected chi connectivity index (χ0v) is 13.1. The standard InChI is InChI=1S/C17H27N3O/c1-3-20(4-2)15(12-14-8-6-5-7-9-14)13-19-16(21)17(18)10-11-17/h5-9,15H,3-4,10-13,18H2,1-2H3,(H,19,21). The van der Waals surface area contributed by atoms with Crippen LogP contribution in [0.2, 0.25) is 0 Å². The lowest BCUT2D eigenvalue weighted by atomic mass is 10.0. The van der Waals surface area contributed by atoms with Crippen LogP contribution in [-0.4, -0.2) is 42.0 Å². The molecular weight excluding hydrogens is 262 g/mol. The lowest BCUT2D eigenvalue weighted by molar-refractivity contribution is -0.123. The van der Waals surface area contributed by atoms with Gasteiger partial charge in [0.15, 0.2) is 0 Å². The highest BCUT2D eigenvalue weighted by atomic mass is 16.2. The fraction of sp³-hybridized carbons (Fsp3) is 0.588. The topological polar surface area (TPSA) is 58.4 Å². The summed E-state index contributed by atoms with van der Waals surface area (Å²) in [6.07, 6.45) is 2.57. The van der Waals surface area contributed by atoms with E-state index in [4.69, 9.17) is 5.73 Å². The molecule has 3 N–H and O–H groups in total. The van der Waals surface area contributed by atoms with E-state index in [0.717, 1.165) is 32.4 Å². The summed E-state index contributed by atoms with van der Waals surface area (Å²) in [5.74, 6) is 0.00715. The Morgan fingerprint density at radius 2 is 1.90 bits per heavy atom. The molecule has 4 nitrogen and oxygen atoms in total. The molecule has 0 bridgehead atoms. The lowest BCUT2D eigenvalue weighted by Crippen LogP contribution is -2.50. The second-order valence-electron chi connectivity index (χ2n) is 5.93. The van der Waals surface area contributed by atoms with E-state index in [1.54, 1.807) is 0 Å². The van der Waals surface area contributed by atoms with E-state index in [-0.39, 0.29) is 5.91 Å². The Labute approximate surface area is 127 Å². The first-order chi connectivity index (χ1) is 10.1. The molecule has 1 atom stereocenters. The van der Waals surface area contributed by atoms with Crippen molar-refractivity contribution in [2.24, 2.45) is 5.73 Å². The molecule has 0 spiro atoms. The van der Waals surface area contributed by atoms with Crippen molar-refractivity contribution >= 4 is 5.91 Å². The molecule has 0 aliphatic heterocycles. The number of nitrogens with two attached hydrogens (primary N) is 1. The smallest absolute Gasteiger partial charge is 0.240 e. The molecule has 4 heteroatoms. The number of carbonyl (C=O) groups excluding carboxylic acids is 1. The van der Waals surface area contributed by atoms with Crippen LogP contribution < -0.4 is 11.1 Å². The summed E-state index contributed by atoms with van der Waals surface area (Å²) in [5.41, 5.74) is 6.66. The highest BCUT2D eigenvalue weighted by molar-refractivity contribution is 5.88. The molecule has 1 aliphatic rings. The molecule has 1 saturated carbocycles.